The van der Waals surface area contributed by atoms with E-state index < -0.39 is 10.0 Å². The highest BCUT2D eigenvalue weighted by Crippen LogP contribution is 2.42. The zero-order chi connectivity index (χ0) is 21.6. The van der Waals surface area contributed by atoms with Gasteiger partial charge in [0.15, 0.2) is 16.7 Å². The van der Waals surface area contributed by atoms with Gasteiger partial charge in [-0.15, -0.1) is 4.40 Å². The second-order valence-corrected chi connectivity index (χ2v) is 10.2. The number of rotatable bonds is 4. The predicted molar refractivity (Wildman–Crippen MR) is 119 cm³/mol. The molecule has 2 aromatic rings. The molecule has 3 aliphatic rings. The summed E-state index contributed by atoms with van der Waals surface area (Å²) in [5.74, 6) is 1.21. The van der Waals surface area contributed by atoms with Crippen molar-refractivity contribution in [3.05, 3.63) is 47.5 Å². The first-order valence-corrected chi connectivity index (χ1v) is 12.5. The minimum absolute atomic E-state index is 0.00749. The third-order valence-corrected chi connectivity index (χ3v) is 7.72. The number of sulfonamides is 1. The van der Waals surface area contributed by atoms with Gasteiger partial charge < -0.3 is 19.7 Å². The van der Waals surface area contributed by atoms with Crippen molar-refractivity contribution >= 4 is 38.5 Å². The molecule has 0 aliphatic carbocycles. The Hall–Kier alpha value is -2.72. The molecule has 0 saturated heterocycles. The first-order chi connectivity index (χ1) is 14.9. The number of benzene rings is 2. The number of amides is 1. The Morgan fingerprint density at radius 2 is 2.00 bits per heavy atom. The lowest BCUT2D eigenvalue weighted by Crippen LogP contribution is -2.35. The van der Waals surface area contributed by atoms with Crippen LogP contribution < -0.4 is 19.7 Å². The summed E-state index contributed by atoms with van der Waals surface area (Å²) in [7, 11) is -3.41. The number of fused-ring (bicyclic) bond motifs is 4. The van der Waals surface area contributed by atoms with Crippen molar-refractivity contribution in [2.45, 2.75) is 24.3 Å². The first kappa shape index (κ1) is 20.2. The molecule has 1 N–H and O–H groups in total. The highest BCUT2D eigenvalue weighted by Gasteiger charge is 2.33. The molecule has 2 aromatic carbocycles. The summed E-state index contributed by atoms with van der Waals surface area (Å²) in [6, 6.07) is 11.0. The van der Waals surface area contributed by atoms with Crippen molar-refractivity contribution < 1.29 is 22.7 Å². The highest BCUT2D eigenvalue weighted by atomic mass is 32.2. The normalized spacial score (nSPS) is 19.1. The summed E-state index contributed by atoms with van der Waals surface area (Å²) in [5.41, 5.74) is 2.35. The van der Waals surface area contributed by atoms with E-state index in [9.17, 15) is 13.2 Å². The molecule has 0 radical (unpaired) electrons. The van der Waals surface area contributed by atoms with Crippen molar-refractivity contribution in [3.8, 4) is 11.5 Å². The molecule has 1 unspecified atom stereocenters. The minimum Gasteiger partial charge on any atom is -0.486 e. The Labute approximate surface area is 184 Å². The molecule has 0 aromatic heterocycles. The summed E-state index contributed by atoms with van der Waals surface area (Å²) in [6.07, 6.45) is 0.716. The lowest BCUT2D eigenvalue weighted by Gasteiger charge is -2.23. The number of nitrogens with one attached hydrogen (secondary N) is 1. The molecule has 0 fully saturated rings. The largest absolute Gasteiger partial charge is 0.486 e. The molecule has 31 heavy (non-hydrogen) atoms. The van der Waals surface area contributed by atoms with Crippen LogP contribution >= 0.6 is 11.8 Å². The van der Waals surface area contributed by atoms with Crippen molar-refractivity contribution in [2.24, 2.45) is 4.40 Å². The van der Waals surface area contributed by atoms with Crippen LogP contribution in [-0.4, -0.2) is 45.0 Å². The molecular formula is C21H21N3O5S2. The van der Waals surface area contributed by atoms with E-state index in [0.29, 0.717) is 48.4 Å². The second-order valence-electron chi connectivity index (χ2n) is 7.43. The van der Waals surface area contributed by atoms with Gasteiger partial charge in [0.1, 0.15) is 13.2 Å². The number of hydrogen-bond acceptors (Lipinski definition) is 7. The van der Waals surface area contributed by atoms with Crippen LogP contribution in [0, 0.1) is 0 Å². The van der Waals surface area contributed by atoms with Gasteiger partial charge in [-0.3, -0.25) is 4.79 Å². The average molecular weight is 460 g/mol. The quantitative estimate of drug-likeness (QED) is 0.751. The van der Waals surface area contributed by atoms with E-state index in [1.807, 2.05) is 36.1 Å². The fourth-order valence-electron chi connectivity index (χ4n) is 3.81. The molecule has 0 saturated carbocycles. The molecule has 1 atom stereocenters. The van der Waals surface area contributed by atoms with Crippen LogP contribution in [0.4, 0.5) is 5.69 Å². The fourth-order valence-corrected chi connectivity index (χ4v) is 6.11. The molecule has 1 amide bonds. The van der Waals surface area contributed by atoms with Crippen LogP contribution in [0.25, 0.3) is 0 Å². The van der Waals surface area contributed by atoms with Crippen molar-refractivity contribution in [1.82, 2.24) is 5.32 Å². The number of amidine groups is 1. The number of thioether (sulfide) groups is 1. The van der Waals surface area contributed by atoms with Crippen LogP contribution in [0.2, 0.25) is 0 Å². The number of carbonyl (C=O) groups is 1. The average Bonchev–Trinajstić information content (AvgIpc) is 3.12. The molecule has 3 aliphatic heterocycles. The van der Waals surface area contributed by atoms with E-state index in [1.165, 1.54) is 11.8 Å². The number of nitrogens with zero attached hydrogens (tertiary/aromatic N) is 2. The van der Waals surface area contributed by atoms with E-state index >= 15 is 0 Å². The smallest absolute Gasteiger partial charge is 0.257 e. The molecule has 162 valence electrons. The summed E-state index contributed by atoms with van der Waals surface area (Å²) < 4.78 is 38.7. The summed E-state index contributed by atoms with van der Waals surface area (Å²) in [5, 5.41) is 3.53. The predicted octanol–water partition coefficient (Wildman–Crippen LogP) is 2.95. The SMILES string of the molecule is CCC(NC(=O)c1ccc2c(c1)SC1=NS(=O)(=O)CCN12)c1ccc2c(c1)OCCO2. The Morgan fingerprint density at radius 1 is 1.19 bits per heavy atom. The summed E-state index contributed by atoms with van der Waals surface area (Å²) >= 11 is 1.28. The molecular weight excluding hydrogens is 438 g/mol. The van der Waals surface area contributed by atoms with E-state index in [2.05, 4.69) is 9.71 Å². The standard InChI is InChI=1S/C21H21N3O5S2/c1-2-15(13-4-6-17-18(11-13)29-9-8-28-17)22-20(25)14-3-5-16-19(12-14)30-21-23-31(26,27)10-7-24(16)21/h3-6,11-12,15H,2,7-10H2,1H3,(H,22,25). The topological polar surface area (TPSA) is 97.3 Å². The number of carbonyl (C=O) groups excluding carboxylic acids is 1. The number of anilines is 1. The Kier molecular flexibility index (Phi) is 5.05. The summed E-state index contributed by atoms with van der Waals surface area (Å²) in [6.45, 7) is 3.42. The van der Waals surface area contributed by atoms with Crippen LogP contribution in [0.1, 0.15) is 35.3 Å². The zero-order valence-corrected chi connectivity index (χ0v) is 18.5. The Bertz CT molecular complexity index is 1200. The fraction of sp³-hybridized carbons (Fsp3) is 0.333. The van der Waals surface area contributed by atoms with Crippen LogP contribution in [0.5, 0.6) is 11.5 Å². The van der Waals surface area contributed by atoms with E-state index in [0.717, 1.165) is 16.1 Å². The van der Waals surface area contributed by atoms with Gasteiger partial charge in [0.05, 0.1) is 17.5 Å². The van der Waals surface area contributed by atoms with Gasteiger partial charge in [-0.05, 0) is 54.1 Å². The number of hydrogen-bond donors (Lipinski definition) is 1. The lowest BCUT2D eigenvalue weighted by molar-refractivity contribution is 0.0935. The lowest BCUT2D eigenvalue weighted by atomic mass is 10.0. The van der Waals surface area contributed by atoms with Crippen LogP contribution in [0.15, 0.2) is 45.7 Å². The summed E-state index contributed by atoms with van der Waals surface area (Å²) in [4.78, 5) is 15.7. The Morgan fingerprint density at radius 3 is 2.81 bits per heavy atom. The molecule has 0 bridgehead atoms. The van der Waals surface area contributed by atoms with Gasteiger partial charge in [-0.1, -0.05) is 13.0 Å². The van der Waals surface area contributed by atoms with Gasteiger partial charge in [-0.25, -0.2) is 8.42 Å². The van der Waals surface area contributed by atoms with Crippen LogP contribution in [0.3, 0.4) is 0 Å². The molecule has 0 spiro atoms. The maximum Gasteiger partial charge on any atom is 0.257 e. The number of ether oxygens (including phenoxy) is 2. The maximum absolute atomic E-state index is 13.0. The van der Waals surface area contributed by atoms with E-state index in [-0.39, 0.29) is 17.7 Å². The second kappa shape index (κ2) is 7.76. The third kappa shape index (κ3) is 3.85. The van der Waals surface area contributed by atoms with Gasteiger partial charge in [0.25, 0.3) is 15.9 Å². The van der Waals surface area contributed by atoms with E-state index in [1.54, 1.807) is 12.1 Å². The molecule has 3 heterocycles. The van der Waals surface area contributed by atoms with Crippen molar-refractivity contribution in [1.29, 1.82) is 0 Å². The van der Waals surface area contributed by atoms with E-state index in [4.69, 9.17) is 9.47 Å². The van der Waals surface area contributed by atoms with Crippen molar-refractivity contribution in [2.75, 3.05) is 30.4 Å². The first-order valence-electron chi connectivity index (χ1n) is 10.1. The molecule has 5 rings (SSSR count). The molecule has 8 nitrogen and oxygen atoms in total. The van der Waals surface area contributed by atoms with Gasteiger partial charge in [0, 0.05) is 17.0 Å². The van der Waals surface area contributed by atoms with Gasteiger partial charge in [-0.2, -0.15) is 0 Å². The Balaban J connectivity index is 1.35. The van der Waals surface area contributed by atoms with Crippen LogP contribution in [-0.2, 0) is 10.0 Å². The third-order valence-electron chi connectivity index (χ3n) is 5.42. The van der Waals surface area contributed by atoms with Gasteiger partial charge >= 0.3 is 0 Å². The molecule has 10 heteroatoms. The van der Waals surface area contributed by atoms with Crippen molar-refractivity contribution in [3.63, 3.8) is 0 Å². The minimum atomic E-state index is -3.41. The zero-order valence-electron chi connectivity index (χ0n) is 16.8. The van der Waals surface area contributed by atoms with Gasteiger partial charge in [0.2, 0.25) is 0 Å². The monoisotopic (exact) mass is 459 g/mol. The highest BCUT2D eigenvalue weighted by molar-refractivity contribution is 8.15. The maximum atomic E-state index is 13.0.